The molecule has 2 aromatic rings. The Bertz CT molecular complexity index is 874. The van der Waals surface area contributed by atoms with Gasteiger partial charge >= 0.3 is 0 Å². The van der Waals surface area contributed by atoms with Crippen molar-refractivity contribution in [3.63, 3.8) is 0 Å². The van der Waals surface area contributed by atoms with Gasteiger partial charge in [-0.3, -0.25) is 14.4 Å². The monoisotopic (exact) mass is 459 g/mol. The van der Waals surface area contributed by atoms with Crippen LogP contribution < -0.4 is 16.4 Å². The molecule has 2 aromatic carbocycles. The van der Waals surface area contributed by atoms with Crippen LogP contribution in [0.15, 0.2) is 71.7 Å². The van der Waals surface area contributed by atoms with Crippen LogP contribution >= 0.6 is 15.9 Å². The Hall–Kier alpha value is -2.97. The van der Waals surface area contributed by atoms with Crippen molar-refractivity contribution in [2.24, 2.45) is 5.73 Å². The van der Waals surface area contributed by atoms with Crippen molar-refractivity contribution in [2.45, 2.75) is 24.6 Å². The summed E-state index contributed by atoms with van der Waals surface area (Å²) in [5.41, 5.74) is 6.22. The lowest BCUT2D eigenvalue weighted by Crippen LogP contribution is -2.51. The van der Waals surface area contributed by atoms with Crippen LogP contribution in [0.3, 0.4) is 0 Å². The zero-order chi connectivity index (χ0) is 21.4. The topological polar surface area (TPSA) is 122 Å². The van der Waals surface area contributed by atoms with Crippen molar-refractivity contribution < 1.29 is 19.5 Å². The Morgan fingerprint density at radius 1 is 1.00 bits per heavy atom. The lowest BCUT2D eigenvalue weighted by Gasteiger charge is -2.25. The molecule has 0 spiro atoms. The Morgan fingerprint density at radius 3 is 2.07 bits per heavy atom. The van der Waals surface area contributed by atoms with E-state index in [0.717, 1.165) is 0 Å². The number of halogens is 1. The van der Waals surface area contributed by atoms with Crippen molar-refractivity contribution in [2.75, 3.05) is 0 Å². The van der Waals surface area contributed by atoms with Crippen LogP contribution in [0.1, 0.15) is 28.4 Å². The van der Waals surface area contributed by atoms with Gasteiger partial charge in [0.2, 0.25) is 5.91 Å². The van der Waals surface area contributed by atoms with Crippen LogP contribution in [0.2, 0.25) is 0 Å². The highest BCUT2D eigenvalue weighted by Gasteiger charge is 2.31. The summed E-state index contributed by atoms with van der Waals surface area (Å²) in [5, 5.41) is 15.8. The summed E-state index contributed by atoms with van der Waals surface area (Å²) >= 11 is 3.12. The quantitative estimate of drug-likeness (QED) is 0.456. The van der Waals surface area contributed by atoms with Gasteiger partial charge in [-0.05, 0) is 22.2 Å². The fourth-order valence-corrected chi connectivity index (χ4v) is 3.00. The molecule has 2 rings (SSSR count). The molecule has 0 unspecified atom stereocenters. The number of carbonyl (C=O) groups excluding carboxylic acids is 3. The summed E-state index contributed by atoms with van der Waals surface area (Å²) in [6, 6.07) is 14.9. The number of nitrogens with one attached hydrogen (secondary N) is 2. The van der Waals surface area contributed by atoms with Crippen LogP contribution in [0.25, 0.3) is 0 Å². The third kappa shape index (κ3) is 6.55. The number of amides is 3. The smallest absolute Gasteiger partial charge is 0.252 e. The van der Waals surface area contributed by atoms with Crippen molar-refractivity contribution in [3.8, 4) is 0 Å². The predicted octanol–water partition coefficient (Wildman–Crippen LogP) is 1.79. The second kappa shape index (κ2) is 10.5. The highest BCUT2D eigenvalue weighted by molar-refractivity contribution is 9.11. The van der Waals surface area contributed by atoms with E-state index in [1.807, 2.05) is 0 Å². The van der Waals surface area contributed by atoms with Crippen LogP contribution in [0, 0.1) is 0 Å². The number of rotatable bonds is 9. The molecular weight excluding hydrogens is 438 g/mol. The highest BCUT2D eigenvalue weighted by atomic mass is 79.9. The van der Waals surface area contributed by atoms with Gasteiger partial charge in [0.1, 0.15) is 6.04 Å². The lowest BCUT2D eigenvalue weighted by molar-refractivity contribution is -0.134. The number of hydrogen-bond donors (Lipinski definition) is 4. The molecule has 0 radical (unpaired) electrons. The van der Waals surface area contributed by atoms with E-state index in [9.17, 15) is 19.5 Å². The molecule has 0 saturated heterocycles. The van der Waals surface area contributed by atoms with Gasteiger partial charge in [-0.25, -0.2) is 0 Å². The third-order valence-corrected chi connectivity index (χ3v) is 4.47. The second-order valence-corrected chi connectivity index (χ2v) is 7.48. The van der Waals surface area contributed by atoms with Gasteiger partial charge in [0.15, 0.2) is 6.10 Å². The molecule has 0 saturated carbocycles. The number of aliphatic hydroxyl groups is 1. The van der Waals surface area contributed by atoms with Crippen LogP contribution in [-0.4, -0.2) is 35.0 Å². The zero-order valence-electron chi connectivity index (χ0n) is 15.5. The van der Waals surface area contributed by atoms with E-state index in [-0.39, 0.29) is 6.42 Å². The average Bonchev–Trinajstić information content (AvgIpc) is 2.71. The molecule has 29 heavy (non-hydrogen) atoms. The first-order chi connectivity index (χ1) is 13.8. The van der Waals surface area contributed by atoms with Gasteiger partial charge in [-0.1, -0.05) is 71.0 Å². The largest absolute Gasteiger partial charge is 0.381 e. The van der Waals surface area contributed by atoms with Crippen molar-refractivity contribution in [1.29, 1.82) is 0 Å². The van der Waals surface area contributed by atoms with Crippen molar-refractivity contribution in [3.05, 3.63) is 82.9 Å². The Labute approximate surface area is 177 Å². The van der Waals surface area contributed by atoms with E-state index >= 15 is 0 Å². The van der Waals surface area contributed by atoms with E-state index < -0.39 is 35.9 Å². The average molecular weight is 460 g/mol. The van der Waals surface area contributed by atoms with Gasteiger partial charge in [-0.15, -0.1) is 0 Å². The fourth-order valence-electron chi connectivity index (χ4n) is 2.67. The third-order valence-electron chi connectivity index (χ3n) is 4.15. The van der Waals surface area contributed by atoms with Crippen molar-refractivity contribution in [1.82, 2.24) is 10.6 Å². The van der Waals surface area contributed by atoms with Crippen LogP contribution in [0.4, 0.5) is 0 Å². The molecule has 0 aliphatic rings. The molecule has 3 atom stereocenters. The molecule has 0 fully saturated rings. The summed E-state index contributed by atoms with van der Waals surface area (Å²) in [6.07, 6.45) is -1.59. The Morgan fingerprint density at radius 2 is 1.55 bits per heavy atom. The minimum atomic E-state index is -1.66. The van der Waals surface area contributed by atoms with E-state index in [1.165, 1.54) is 0 Å². The van der Waals surface area contributed by atoms with E-state index in [2.05, 4.69) is 33.1 Å². The summed E-state index contributed by atoms with van der Waals surface area (Å²) in [5.74, 6) is -2.06. The Kier molecular flexibility index (Phi) is 8.11. The van der Waals surface area contributed by atoms with Crippen LogP contribution in [-0.2, 0) is 9.59 Å². The van der Waals surface area contributed by atoms with Gasteiger partial charge in [-0.2, -0.15) is 0 Å². The van der Waals surface area contributed by atoms with E-state index in [0.29, 0.717) is 15.6 Å². The molecule has 8 heteroatoms. The van der Waals surface area contributed by atoms with Gasteiger partial charge in [0.05, 0.1) is 6.04 Å². The molecule has 0 heterocycles. The SMILES string of the molecule is C=C(Br)C[C@@H](NC(=O)[C@H](O)[C@@H](NC(=O)c1ccccc1)c1ccccc1)C(N)=O. The fraction of sp³-hybridized carbons (Fsp3) is 0.190. The normalized spacial score (nSPS) is 13.6. The molecule has 0 bridgehead atoms. The lowest BCUT2D eigenvalue weighted by atomic mass is 9.99. The molecule has 3 amide bonds. The summed E-state index contributed by atoms with van der Waals surface area (Å²) in [4.78, 5) is 36.8. The molecule has 7 nitrogen and oxygen atoms in total. The van der Waals surface area contributed by atoms with Crippen LogP contribution in [0.5, 0.6) is 0 Å². The molecule has 0 aliphatic carbocycles. The summed E-state index contributed by atoms with van der Waals surface area (Å²) < 4.78 is 0.466. The number of hydrogen-bond acceptors (Lipinski definition) is 4. The second-order valence-electron chi connectivity index (χ2n) is 6.36. The number of carbonyl (C=O) groups is 3. The predicted molar refractivity (Wildman–Crippen MR) is 113 cm³/mol. The maximum absolute atomic E-state index is 12.6. The minimum Gasteiger partial charge on any atom is -0.381 e. The molecule has 152 valence electrons. The first kappa shape index (κ1) is 22.3. The van der Waals surface area contributed by atoms with Crippen molar-refractivity contribution >= 4 is 33.7 Å². The first-order valence-electron chi connectivity index (χ1n) is 8.81. The summed E-state index contributed by atoms with van der Waals surface area (Å²) in [7, 11) is 0. The number of benzene rings is 2. The minimum absolute atomic E-state index is 0.0696. The van der Waals surface area contributed by atoms with Gasteiger partial charge in [0.25, 0.3) is 11.8 Å². The first-order valence-corrected chi connectivity index (χ1v) is 9.60. The number of aliphatic hydroxyl groups excluding tert-OH is 1. The number of primary amides is 1. The number of nitrogens with two attached hydrogens (primary N) is 1. The highest BCUT2D eigenvalue weighted by Crippen LogP contribution is 2.19. The van der Waals surface area contributed by atoms with E-state index in [1.54, 1.807) is 60.7 Å². The molecule has 0 aromatic heterocycles. The standard InChI is InChI=1S/C21H22BrN3O4/c1-13(22)12-16(19(23)27)24-21(29)18(26)17(14-8-4-2-5-9-14)25-20(28)15-10-6-3-7-11-15/h2-11,16-18,26H,1,12H2,(H2,23,27)(H,24,29)(H,25,28)/t16-,17+,18-/m1/s1. The maximum atomic E-state index is 12.6. The van der Waals surface area contributed by atoms with Gasteiger partial charge < -0.3 is 21.5 Å². The summed E-state index contributed by atoms with van der Waals surface area (Å²) in [6.45, 7) is 3.62. The van der Waals surface area contributed by atoms with Gasteiger partial charge in [0, 0.05) is 12.0 Å². The van der Waals surface area contributed by atoms with E-state index in [4.69, 9.17) is 5.73 Å². The zero-order valence-corrected chi connectivity index (χ0v) is 17.1. The Balaban J connectivity index is 2.23. The molecule has 5 N–H and O–H groups in total. The molecule has 0 aliphatic heterocycles. The molecular formula is C21H22BrN3O4. The maximum Gasteiger partial charge on any atom is 0.252 e.